The summed E-state index contributed by atoms with van der Waals surface area (Å²) in [4.78, 5) is 26.3. The number of carbonyl (C=O) groups is 2. The molecule has 130 valence electrons. The van der Waals surface area contributed by atoms with E-state index in [2.05, 4.69) is 48.1 Å². The van der Waals surface area contributed by atoms with Gasteiger partial charge in [-0.25, -0.2) is 0 Å². The third-order valence-corrected chi connectivity index (χ3v) is 5.14. The normalized spacial score (nSPS) is 14.6. The summed E-state index contributed by atoms with van der Waals surface area (Å²) >= 11 is 3.39. The van der Waals surface area contributed by atoms with Gasteiger partial charge in [-0.1, -0.05) is 32.9 Å². The van der Waals surface area contributed by atoms with E-state index < -0.39 is 0 Å². The zero-order valence-corrected chi connectivity index (χ0v) is 16.2. The molecule has 0 fully saturated rings. The van der Waals surface area contributed by atoms with Crippen LogP contribution in [0.1, 0.15) is 47.1 Å². The second kappa shape index (κ2) is 6.64. The van der Waals surface area contributed by atoms with Gasteiger partial charge < -0.3 is 10.2 Å². The van der Waals surface area contributed by atoms with Crippen molar-refractivity contribution in [2.75, 3.05) is 23.3 Å². The minimum Gasteiger partial charge on any atom is -0.383 e. The van der Waals surface area contributed by atoms with Crippen LogP contribution in [-0.2, 0) is 5.41 Å². The SMILES string of the molecule is CC(C)(C)c1ccc2c(c1)NCCN(c1cccc(Br)c1C=O)C2=O. The number of anilines is 2. The minimum absolute atomic E-state index is 0.0146. The molecule has 3 rings (SSSR count). The van der Waals surface area contributed by atoms with Crippen LogP contribution < -0.4 is 10.2 Å². The topological polar surface area (TPSA) is 49.4 Å². The zero-order chi connectivity index (χ0) is 18.2. The van der Waals surface area contributed by atoms with E-state index in [1.54, 1.807) is 17.0 Å². The maximum Gasteiger partial charge on any atom is 0.260 e. The van der Waals surface area contributed by atoms with Crippen LogP contribution in [0.5, 0.6) is 0 Å². The van der Waals surface area contributed by atoms with E-state index in [0.717, 1.165) is 12.0 Å². The summed E-state index contributed by atoms with van der Waals surface area (Å²) in [7, 11) is 0. The van der Waals surface area contributed by atoms with E-state index in [4.69, 9.17) is 0 Å². The van der Waals surface area contributed by atoms with Crippen LogP contribution in [0.15, 0.2) is 40.9 Å². The van der Waals surface area contributed by atoms with Gasteiger partial charge in [0.1, 0.15) is 0 Å². The van der Waals surface area contributed by atoms with E-state index in [-0.39, 0.29) is 11.3 Å². The molecule has 1 amide bonds. The molecule has 0 atom stereocenters. The van der Waals surface area contributed by atoms with E-state index in [9.17, 15) is 9.59 Å². The summed E-state index contributed by atoms with van der Waals surface area (Å²) < 4.78 is 0.688. The summed E-state index contributed by atoms with van der Waals surface area (Å²) in [5.41, 5.74) is 3.79. The number of nitrogens with zero attached hydrogens (tertiary/aromatic N) is 1. The Hall–Kier alpha value is -2.14. The lowest BCUT2D eigenvalue weighted by atomic mass is 9.86. The number of halogens is 1. The molecule has 4 nitrogen and oxygen atoms in total. The van der Waals surface area contributed by atoms with Crippen molar-refractivity contribution in [2.24, 2.45) is 0 Å². The number of nitrogens with one attached hydrogen (secondary N) is 1. The first-order valence-electron chi connectivity index (χ1n) is 8.27. The summed E-state index contributed by atoms with van der Waals surface area (Å²) in [6.07, 6.45) is 0.786. The molecule has 1 heterocycles. The van der Waals surface area contributed by atoms with Crippen molar-refractivity contribution in [3.63, 3.8) is 0 Å². The van der Waals surface area contributed by atoms with Gasteiger partial charge in [-0.05, 0) is 51.2 Å². The van der Waals surface area contributed by atoms with Crippen LogP contribution in [0.2, 0.25) is 0 Å². The summed E-state index contributed by atoms with van der Waals surface area (Å²) in [6.45, 7) is 7.57. The van der Waals surface area contributed by atoms with Gasteiger partial charge in [-0.3, -0.25) is 9.59 Å². The molecule has 0 saturated carbocycles. The molecule has 0 aliphatic carbocycles. The second-order valence-corrected chi connectivity index (χ2v) is 8.04. The molecule has 5 heteroatoms. The lowest BCUT2D eigenvalue weighted by molar-refractivity contribution is 0.0990. The average molecular weight is 401 g/mol. The molecular formula is C20H21BrN2O2. The van der Waals surface area contributed by atoms with Gasteiger partial charge in [0.15, 0.2) is 6.29 Å². The first-order valence-corrected chi connectivity index (χ1v) is 9.06. The molecule has 0 bridgehead atoms. The smallest absolute Gasteiger partial charge is 0.260 e. The molecule has 1 aliphatic rings. The molecule has 1 N–H and O–H groups in total. The first kappa shape index (κ1) is 17.7. The van der Waals surface area contributed by atoms with E-state index in [1.807, 2.05) is 18.2 Å². The molecule has 2 aromatic rings. The Kier molecular flexibility index (Phi) is 4.69. The maximum absolute atomic E-state index is 13.1. The number of aldehydes is 1. The third kappa shape index (κ3) is 3.33. The highest BCUT2D eigenvalue weighted by atomic mass is 79.9. The van der Waals surface area contributed by atoms with Gasteiger partial charge in [0.2, 0.25) is 0 Å². The monoisotopic (exact) mass is 400 g/mol. The summed E-state index contributed by atoms with van der Waals surface area (Å²) in [5.74, 6) is -0.0957. The number of rotatable bonds is 2. The first-order chi connectivity index (χ1) is 11.8. The minimum atomic E-state index is -0.0957. The van der Waals surface area contributed by atoms with Gasteiger partial charge in [0, 0.05) is 23.2 Å². The average Bonchev–Trinajstić information content (AvgIpc) is 2.72. The van der Waals surface area contributed by atoms with Crippen LogP contribution in [0, 0.1) is 0 Å². The van der Waals surface area contributed by atoms with Crippen molar-refractivity contribution < 1.29 is 9.59 Å². The highest BCUT2D eigenvalue weighted by molar-refractivity contribution is 9.10. The van der Waals surface area contributed by atoms with Gasteiger partial charge in [0.05, 0.1) is 16.8 Å². The highest BCUT2D eigenvalue weighted by Gasteiger charge is 2.27. The summed E-state index contributed by atoms with van der Waals surface area (Å²) in [5, 5.41) is 3.36. The molecule has 0 saturated heterocycles. The van der Waals surface area contributed by atoms with Gasteiger partial charge in [-0.2, -0.15) is 0 Å². The highest BCUT2D eigenvalue weighted by Crippen LogP contribution is 2.32. The Bertz CT molecular complexity index is 840. The second-order valence-electron chi connectivity index (χ2n) is 7.18. The standard InChI is InChI=1S/C20H21BrN2O2/c1-20(2,3)13-7-8-14-17(11-13)22-9-10-23(19(14)25)18-6-4-5-16(21)15(18)12-24/h4-8,11-12,22H,9-10H2,1-3H3. The number of fused-ring (bicyclic) bond motifs is 1. The van der Waals surface area contributed by atoms with Crippen molar-refractivity contribution in [1.29, 1.82) is 0 Å². The van der Waals surface area contributed by atoms with Crippen LogP contribution in [-0.4, -0.2) is 25.3 Å². The predicted molar refractivity (Wildman–Crippen MR) is 105 cm³/mol. The fourth-order valence-corrected chi connectivity index (χ4v) is 3.45. The van der Waals surface area contributed by atoms with Gasteiger partial charge in [-0.15, -0.1) is 0 Å². The van der Waals surface area contributed by atoms with Crippen molar-refractivity contribution in [1.82, 2.24) is 0 Å². The van der Waals surface area contributed by atoms with E-state index >= 15 is 0 Å². The van der Waals surface area contributed by atoms with Crippen LogP contribution in [0.3, 0.4) is 0 Å². The fraction of sp³-hybridized carbons (Fsp3) is 0.300. The van der Waals surface area contributed by atoms with Crippen LogP contribution in [0.25, 0.3) is 0 Å². The molecule has 25 heavy (non-hydrogen) atoms. The Morgan fingerprint density at radius 2 is 1.96 bits per heavy atom. The fourth-order valence-electron chi connectivity index (χ4n) is 3.00. The van der Waals surface area contributed by atoms with E-state index in [0.29, 0.717) is 34.4 Å². The van der Waals surface area contributed by atoms with E-state index in [1.165, 1.54) is 5.56 Å². The molecular weight excluding hydrogens is 380 g/mol. The number of amides is 1. The summed E-state index contributed by atoms with van der Waals surface area (Å²) in [6, 6.07) is 11.4. The number of hydrogen-bond donors (Lipinski definition) is 1. The third-order valence-electron chi connectivity index (χ3n) is 4.45. The molecule has 0 unspecified atom stereocenters. The van der Waals surface area contributed by atoms with Crippen molar-refractivity contribution in [3.05, 3.63) is 57.6 Å². The largest absolute Gasteiger partial charge is 0.383 e. The van der Waals surface area contributed by atoms with Crippen molar-refractivity contribution in [3.8, 4) is 0 Å². The van der Waals surface area contributed by atoms with Gasteiger partial charge >= 0.3 is 0 Å². The Morgan fingerprint density at radius 3 is 2.64 bits per heavy atom. The lowest BCUT2D eigenvalue weighted by Crippen LogP contribution is -2.33. The Balaban J connectivity index is 2.06. The lowest BCUT2D eigenvalue weighted by Gasteiger charge is -2.23. The Morgan fingerprint density at radius 1 is 1.20 bits per heavy atom. The van der Waals surface area contributed by atoms with Crippen LogP contribution >= 0.6 is 15.9 Å². The number of benzene rings is 2. The van der Waals surface area contributed by atoms with Crippen molar-refractivity contribution >= 4 is 39.5 Å². The number of hydrogen-bond acceptors (Lipinski definition) is 3. The zero-order valence-electron chi connectivity index (χ0n) is 14.6. The van der Waals surface area contributed by atoms with Gasteiger partial charge in [0.25, 0.3) is 5.91 Å². The molecule has 0 radical (unpaired) electrons. The molecule has 0 aromatic heterocycles. The molecule has 2 aromatic carbocycles. The molecule has 1 aliphatic heterocycles. The predicted octanol–water partition coefficient (Wildman–Crippen LogP) is 4.63. The Labute approximate surface area is 156 Å². The number of carbonyl (C=O) groups excluding carboxylic acids is 2. The van der Waals surface area contributed by atoms with Crippen LogP contribution in [0.4, 0.5) is 11.4 Å². The maximum atomic E-state index is 13.1. The van der Waals surface area contributed by atoms with Crippen molar-refractivity contribution in [2.45, 2.75) is 26.2 Å². The quantitative estimate of drug-likeness (QED) is 0.747. The molecule has 0 spiro atoms.